The molecule has 0 fully saturated rings. The normalized spacial score (nSPS) is 12.3. The summed E-state index contributed by atoms with van der Waals surface area (Å²) in [6, 6.07) is 0.710. The van der Waals surface area contributed by atoms with Crippen LogP contribution in [0, 0.1) is 17.5 Å². The zero-order valence-corrected chi connectivity index (χ0v) is 10.2. The number of rotatable bonds is 4. The molecule has 1 aromatic carbocycles. The third-order valence-corrected chi connectivity index (χ3v) is 2.79. The van der Waals surface area contributed by atoms with Gasteiger partial charge in [0.1, 0.15) is 23.0 Å². The van der Waals surface area contributed by atoms with Crippen LogP contribution in [0.2, 0.25) is 0 Å². The molecule has 1 atom stereocenters. The Bertz CT molecular complexity index is 428. The summed E-state index contributed by atoms with van der Waals surface area (Å²) >= 11 is 0. The topological polar surface area (TPSA) is 46.3 Å². The van der Waals surface area contributed by atoms with Crippen molar-refractivity contribution in [1.82, 2.24) is 4.90 Å². The van der Waals surface area contributed by atoms with Crippen LogP contribution in [-0.2, 0) is 0 Å². The molecular formula is C12H15F3N2O. The van der Waals surface area contributed by atoms with Crippen LogP contribution < -0.4 is 5.73 Å². The second kappa shape index (κ2) is 5.86. The van der Waals surface area contributed by atoms with Crippen molar-refractivity contribution in [2.45, 2.75) is 19.4 Å². The highest BCUT2D eigenvalue weighted by molar-refractivity contribution is 5.94. The van der Waals surface area contributed by atoms with Gasteiger partial charge >= 0.3 is 0 Å². The zero-order valence-electron chi connectivity index (χ0n) is 10.2. The van der Waals surface area contributed by atoms with E-state index in [1.807, 2.05) is 0 Å². The summed E-state index contributed by atoms with van der Waals surface area (Å²) in [4.78, 5) is 13.1. The molecule has 0 bridgehead atoms. The van der Waals surface area contributed by atoms with Gasteiger partial charge in [0.25, 0.3) is 5.91 Å². The Morgan fingerprint density at radius 2 is 1.83 bits per heavy atom. The summed E-state index contributed by atoms with van der Waals surface area (Å²) in [6.45, 7) is 2.07. The molecule has 0 saturated carbocycles. The average Bonchev–Trinajstić information content (AvgIpc) is 2.26. The van der Waals surface area contributed by atoms with E-state index in [2.05, 4.69) is 0 Å². The highest BCUT2D eigenvalue weighted by Gasteiger charge is 2.24. The zero-order chi connectivity index (χ0) is 13.9. The van der Waals surface area contributed by atoms with Gasteiger partial charge in [-0.3, -0.25) is 4.79 Å². The molecule has 100 valence electrons. The molecule has 0 aliphatic carbocycles. The van der Waals surface area contributed by atoms with Crippen LogP contribution in [0.1, 0.15) is 23.7 Å². The fourth-order valence-corrected chi connectivity index (χ4v) is 1.56. The monoisotopic (exact) mass is 260 g/mol. The first kappa shape index (κ1) is 14.5. The van der Waals surface area contributed by atoms with Crippen molar-refractivity contribution in [2.24, 2.45) is 5.73 Å². The molecular weight excluding hydrogens is 245 g/mol. The maximum Gasteiger partial charge on any atom is 0.259 e. The van der Waals surface area contributed by atoms with Crippen molar-refractivity contribution in [3.8, 4) is 0 Å². The van der Waals surface area contributed by atoms with E-state index in [4.69, 9.17) is 5.73 Å². The lowest BCUT2D eigenvalue weighted by Crippen LogP contribution is -2.37. The SMILES string of the molecule is CC(CCN)N(C)C(=O)c1c(F)cc(F)cc1F. The second-order valence-electron chi connectivity index (χ2n) is 4.09. The molecule has 2 N–H and O–H groups in total. The highest BCUT2D eigenvalue weighted by atomic mass is 19.1. The largest absolute Gasteiger partial charge is 0.339 e. The van der Waals surface area contributed by atoms with Crippen LogP contribution in [0.5, 0.6) is 0 Å². The van der Waals surface area contributed by atoms with Gasteiger partial charge in [0.15, 0.2) is 0 Å². The number of nitrogens with zero attached hydrogens (tertiary/aromatic N) is 1. The van der Waals surface area contributed by atoms with Crippen molar-refractivity contribution in [3.05, 3.63) is 35.1 Å². The summed E-state index contributed by atoms with van der Waals surface area (Å²) in [7, 11) is 1.42. The number of nitrogens with two attached hydrogens (primary N) is 1. The first-order chi connectivity index (χ1) is 8.38. The van der Waals surface area contributed by atoms with E-state index >= 15 is 0 Å². The molecule has 1 aromatic rings. The maximum absolute atomic E-state index is 13.4. The third kappa shape index (κ3) is 3.01. The molecule has 6 heteroatoms. The minimum atomic E-state index is -1.20. The Morgan fingerprint density at radius 3 is 2.28 bits per heavy atom. The minimum absolute atomic E-state index is 0.258. The van der Waals surface area contributed by atoms with Gasteiger partial charge in [-0.15, -0.1) is 0 Å². The van der Waals surface area contributed by atoms with Gasteiger partial charge in [0, 0.05) is 25.2 Å². The minimum Gasteiger partial charge on any atom is -0.339 e. The van der Waals surface area contributed by atoms with Gasteiger partial charge in [-0.05, 0) is 19.9 Å². The number of carbonyl (C=O) groups excluding carboxylic acids is 1. The van der Waals surface area contributed by atoms with Gasteiger partial charge in [-0.2, -0.15) is 0 Å². The van der Waals surface area contributed by atoms with E-state index < -0.39 is 28.9 Å². The van der Waals surface area contributed by atoms with Crippen LogP contribution in [0.3, 0.4) is 0 Å². The molecule has 0 aromatic heterocycles. The smallest absolute Gasteiger partial charge is 0.259 e. The highest BCUT2D eigenvalue weighted by Crippen LogP contribution is 2.17. The molecule has 3 nitrogen and oxygen atoms in total. The summed E-state index contributed by atoms with van der Waals surface area (Å²) in [5.41, 5.74) is 4.60. The van der Waals surface area contributed by atoms with Crippen molar-refractivity contribution >= 4 is 5.91 Å². The first-order valence-corrected chi connectivity index (χ1v) is 5.50. The van der Waals surface area contributed by atoms with Crippen molar-refractivity contribution in [3.63, 3.8) is 0 Å². The first-order valence-electron chi connectivity index (χ1n) is 5.50. The Morgan fingerprint density at radius 1 is 1.33 bits per heavy atom. The van der Waals surface area contributed by atoms with Gasteiger partial charge in [-0.1, -0.05) is 0 Å². The number of carbonyl (C=O) groups is 1. The molecule has 0 saturated heterocycles. The van der Waals surface area contributed by atoms with Crippen LogP contribution in [0.4, 0.5) is 13.2 Å². The lowest BCUT2D eigenvalue weighted by Gasteiger charge is -2.24. The number of hydrogen-bond donors (Lipinski definition) is 1. The summed E-state index contributed by atoms with van der Waals surface area (Å²) < 4.78 is 39.6. The third-order valence-electron chi connectivity index (χ3n) is 2.79. The van der Waals surface area contributed by atoms with Gasteiger partial charge in [0.05, 0.1) is 0 Å². The fourth-order valence-electron chi connectivity index (χ4n) is 1.56. The summed E-state index contributed by atoms with van der Waals surface area (Å²) in [5.74, 6) is -4.29. The molecule has 1 unspecified atom stereocenters. The van der Waals surface area contributed by atoms with E-state index in [1.54, 1.807) is 6.92 Å². The Labute approximate surface area is 103 Å². The molecule has 0 radical (unpaired) electrons. The van der Waals surface area contributed by atoms with Crippen molar-refractivity contribution in [2.75, 3.05) is 13.6 Å². The molecule has 1 amide bonds. The lowest BCUT2D eigenvalue weighted by atomic mass is 10.1. The Balaban J connectivity index is 3.04. The van der Waals surface area contributed by atoms with Crippen LogP contribution in [0.25, 0.3) is 0 Å². The van der Waals surface area contributed by atoms with E-state index in [0.29, 0.717) is 25.1 Å². The van der Waals surface area contributed by atoms with Gasteiger partial charge < -0.3 is 10.6 Å². The van der Waals surface area contributed by atoms with Gasteiger partial charge in [-0.25, -0.2) is 13.2 Å². The van der Waals surface area contributed by atoms with Crippen molar-refractivity contribution in [1.29, 1.82) is 0 Å². The van der Waals surface area contributed by atoms with Crippen LogP contribution in [0.15, 0.2) is 12.1 Å². The number of amides is 1. The number of hydrogen-bond acceptors (Lipinski definition) is 2. The predicted octanol–water partition coefficient (Wildman–Crippen LogP) is 1.91. The van der Waals surface area contributed by atoms with Gasteiger partial charge in [0.2, 0.25) is 0 Å². The second-order valence-corrected chi connectivity index (χ2v) is 4.09. The van der Waals surface area contributed by atoms with E-state index in [-0.39, 0.29) is 6.04 Å². The fraction of sp³-hybridized carbons (Fsp3) is 0.417. The maximum atomic E-state index is 13.4. The Hall–Kier alpha value is -1.56. The Kier molecular flexibility index (Phi) is 4.72. The predicted molar refractivity (Wildman–Crippen MR) is 61.5 cm³/mol. The van der Waals surface area contributed by atoms with E-state index in [9.17, 15) is 18.0 Å². The summed E-state index contributed by atoms with van der Waals surface area (Å²) in [5, 5.41) is 0. The molecule has 0 spiro atoms. The van der Waals surface area contributed by atoms with E-state index in [1.165, 1.54) is 11.9 Å². The standard InChI is InChI=1S/C12H15F3N2O/c1-7(3-4-16)17(2)12(18)11-9(14)5-8(13)6-10(11)15/h5-7H,3-4,16H2,1-2H3. The van der Waals surface area contributed by atoms with E-state index in [0.717, 1.165) is 0 Å². The molecule has 18 heavy (non-hydrogen) atoms. The molecule has 0 aliphatic heterocycles. The van der Waals surface area contributed by atoms with Crippen LogP contribution >= 0.6 is 0 Å². The number of halogens is 3. The summed E-state index contributed by atoms with van der Waals surface area (Å²) in [6.07, 6.45) is 0.507. The average molecular weight is 260 g/mol. The quantitative estimate of drug-likeness (QED) is 0.899. The van der Waals surface area contributed by atoms with Crippen LogP contribution in [-0.4, -0.2) is 30.4 Å². The molecule has 0 aliphatic rings. The lowest BCUT2D eigenvalue weighted by molar-refractivity contribution is 0.0729. The molecule has 1 rings (SSSR count). The van der Waals surface area contributed by atoms with Crippen molar-refractivity contribution < 1.29 is 18.0 Å². The molecule has 0 heterocycles. The number of benzene rings is 1.